The molecule has 0 bridgehead atoms. The molecule has 0 fully saturated rings. The Morgan fingerprint density at radius 3 is 2.89 bits per heavy atom. The predicted molar refractivity (Wildman–Crippen MR) is 66.5 cm³/mol. The highest BCUT2D eigenvalue weighted by molar-refractivity contribution is 5.78. The highest BCUT2D eigenvalue weighted by atomic mass is 16.5. The van der Waals surface area contributed by atoms with Crippen LogP contribution in [0.3, 0.4) is 0 Å². The SMILES string of the molecule is CCOC(=O)Cc1nc2ccccc2c(=O)n1N. The van der Waals surface area contributed by atoms with Gasteiger partial charge < -0.3 is 10.6 Å². The third-order valence-corrected chi connectivity index (χ3v) is 2.49. The number of fused-ring (bicyclic) bond motifs is 1. The van der Waals surface area contributed by atoms with Gasteiger partial charge in [0.1, 0.15) is 12.2 Å². The van der Waals surface area contributed by atoms with Crippen molar-refractivity contribution in [2.75, 3.05) is 12.4 Å². The van der Waals surface area contributed by atoms with E-state index in [0.29, 0.717) is 10.9 Å². The lowest BCUT2D eigenvalue weighted by molar-refractivity contribution is -0.142. The summed E-state index contributed by atoms with van der Waals surface area (Å²) in [6.07, 6.45) is -0.121. The summed E-state index contributed by atoms with van der Waals surface area (Å²) in [5.74, 6) is 5.36. The van der Waals surface area contributed by atoms with Crippen LogP contribution in [0.4, 0.5) is 0 Å². The van der Waals surface area contributed by atoms with Gasteiger partial charge in [0.2, 0.25) is 0 Å². The zero-order chi connectivity index (χ0) is 13.1. The second-order valence-electron chi connectivity index (χ2n) is 3.70. The van der Waals surface area contributed by atoms with Gasteiger partial charge in [0.15, 0.2) is 0 Å². The second-order valence-corrected chi connectivity index (χ2v) is 3.70. The molecule has 1 aromatic carbocycles. The van der Waals surface area contributed by atoms with Crippen LogP contribution in [0.25, 0.3) is 10.9 Å². The standard InChI is InChI=1S/C12H13N3O3/c1-2-18-11(16)7-10-14-9-6-4-3-5-8(9)12(17)15(10)13/h3-6H,2,7,13H2,1H3. The lowest BCUT2D eigenvalue weighted by atomic mass is 10.2. The van der Waals surface area contributed by atoms with Gasteiger partial charge in [-0.25, -0.2) is 9.66 Å². The highest BCUT2D eigenvalue weighted by Gasteiger charge is 2.12. The Kier molecular flexibility index (Phi) is 3.27. The van der Waals surface area contributed by atoms with Crippen molar-refractivity contribution in [2.24, 2.45) is 0 Å². The van der Waals surface area contributed by atoms with E-state index < -0.39 is 5.97 Å². The van der Waals surface area contributed by atoms with E-state index in [1.54, 1.807) is 31.2 Å². The number of carbonyl (C=O) groups excluding carboxylic acids is 1. The normalized spacial score (nSPS) is 10.5. The van der Waals surface area contributed by atoms with E-state index in [-0.39, 0.29) is 24.4 Å². The van der Waals surface area contributed by atoms with E-state index in [2.05, 4.69) is 4.98 Å². The van der Waals surface area contributed by atoms with Gasteiger partial charge in [0, 0.05) is 0 Å². The van der Waals surface area contributed by atoms with E-state index in [9.17, 15) is 9.59 Å². The van der Waals surface area contributed by atoms with Crippen molar-refractivity contribution in [1.82, 2.24) is 9.66 Å². The number of aromatic nitrogens is 2. The number of hydrogen-bond acceptors (Lipinski definition) is 5. The summed E-state index contributed by atoms with van der Waals surface area (Å²) >= 11 is 0. The quantitative estimate of drug-likeness (QED) is 0.619. The number of hydrogen-bond donors (Lipinski definition) is 1. The Morgan fingerprint density at radius 2 is 2.17 bits per heavy atom. The Hall–Kier alpha value is -2.37. The average molecular weight is 247 g/mol. The van der Waals surface area contributed by atoms with E-state index in [0.717, 1.165) is 4.68 Å². The van der Waals surface area contributed by atoms with Crippen LogP contribution in [0, 0.1) is 0 Å². The average Bonchev–Trinajstić information content (AvgIpc) is 2.36. The molecule has 2 N–H and O–H groups in total. The molecule has 0 saturated heterocycles. The first-order valence-electron chi connectivity index (χ1n) is 5.55. The van der Waals surface area contributed by atoms with Crippen LogP contribution in [0.2, 0.25) is 0 Å². The molecule has 0 aliphatic rings. The molecule has 1 heterocycles. The molecule has 0 aliphatic heterocycles. The van der Waals surface area contributed by atoms with Gasteiger partial charge in [-0.15, -0.1) is 0 Å². The first-order chi connectivity index (χ1) is 8.63. The van der Waals surface area contributed by atoms with E-state index in [1.807, 2.05) is 0 Å². The van der Waals surface area contributed by atoms with Crippen molar-refractivity contribution in [3.05, 3.63) is 40.4 Å². The van der Waals surface area contributed by atoms with E-state index >= 15 is 0 Å². The van der Waals surface area contributed by atoms with Crippen molar-refractivity contribution >= 4 is 16.9 Å². The fourth-order valence-corrected chi connectivity index (χ4v) is 1.66. The fraction of sp³-hybridized carbons (Fsp3) is 0.250. The first kappa shape index (κ1) is 12.1. The molecule has 2 aromatic rings. The number of ether oxygens (including phenoxy) is 1. The number of nitrogens with two attached hydrogens (primary N) is 1. The largest absolute Gasteiger partial charge is 0.466 e. The molecule has 1 aromatic heterocycles. The number of para-hydroxylation sites is 1. The van der Waals surface area contributed by atoms with Crippen molar-refractivity contribution in [3.8, 4) is 0 Å². The van der Waals surface area contributed by atoms with Crippen LogP contribution < -0.4 is 11.4 Å². The first-order valence-corrected chi connectivity index (χ1v) is 5.55. The van der Waals surface area contributed by atoms with Gasteiger partial charge in [-0.2, -0.15) is 0 Å². The van der Waals surface area contributed by atoms with Gasteiger partial charge in [-0.1, -0.05) is 12.1 Å². The Bertz CT molecular complexity index is 649. The Morgan fingerprint density at radius 1 is 1.44 bits per heavy atom. The minimum atomic E-state index is -0.459. The maximum atomic E-state index is 11.9. The fourth-order valence-electron chi connectivity index (χ4n) is 1.66. The molecule has 18 heavy (non-hydrogen) atoms. The maximum absolute atomic E-state index is 11.9. The lowest BCUT2D eigenvalue weighted by Crippen LogP contribution is -2.33. The Balaban J connectivity index is 2.49. The van der Waals surface area contributed by atoms with Crippen molar-refractivity contribution in [3.63, 3.8) is 0 Å². The molecule has 0 amide bonds. The molecule has 6 heteroatoms. The molecule has 6 nitrogen and oxygen atoms in total. The second kappa shape index (κ2) is 4.87. The number of carbonyl (C=O) groups is 1. The summed E-state index contributed by atoms with van der Waals surface area (Å²) in [5, 5.41) is 0.424. The topological polar surface area (TPSA) is 87.2 Å². The number of nitrogen functional groups attached to an aromatic ring is 1. The molecule has 2 rings (SSSR count). The van der Waals surface area contributed by atoms with Crippen LogP contribution in [0.15, 0.2) is 29.1 Å². The van der Waals surface area contributed by atoms with Crippen LogP contribution in [-0.2, 0) is 16.0 Å². The summed E-state index contributed by atoms with van der Waals surface area (Å²) in [5.41, 5.74) is 0.142. The van der Waals surface area contributed by atoms with Crippen LogP contribution in [0.1, 0.15) is 12.7 Å². The van der Waals surface area contributed by atoms with Crippen molar-refractivity contribution in [1.29, 1.82) is 0 Å². The van der Waals surface area contributed by atoms with Gasteiger partial charge in [-0.05, 0) is 19.1 Å². The molecule has 94 valence electrons. The smallest absolute Gasteiger partial charge is 0.313 e. The number of rotatable bonds is 3. The summed E-state index contributed by atoms with van der Waals surface area (Å²) in [6, 6.07) is 6.84. The highest BCUT2D eigenvalue weighted by Crippen LogP contribution is 2.07. The van der Waals surface area contributed by atoms with E-state index in [4.69, 9.17) is 10.6 Å². The summed E-state index contributed by atoms with van der Waals surface area (Å²) in [4.78, 5) is 27.5. The van der Waals surface area contributed by atoms with Gasteiger partial charge in [0.25, 0.3) is 5.56 Å². The van der Waals surface area contributed by atoms with Crippen LogP contribution in [0.5, 0.6) is 0 Å². The summed E-state index contributed by atoms with van der Waals surface area (Å²) < 4.78 is 5.69. The molecule has 0 aliphatic carbocycles. The third kappa shape index (κ3) is 2.17. The molecular weight excluding hydrogens is 234 g/mol. The Labute approximate surface area is 103 Å². The van der Waals surface area contributed by atoms with E-state index in [1.165, 1.54) is 0 Å². The van der Waals surface area contributed by atoms with Crippen LogP contribution in [-0.4, -0.2) is 22.2 Å². The van der Waals surface area contributed by atoms with Crippen LogP contribution >= 0.6 is 0 Å². The summed E-state index contributed by atoms with van der Waals surface area (Å²) in [6.45, 7) is 1.99. The number of nitrogens with zero attached hydrogens (tertiary/aromatic N) is 2. The predicted octanol–water partition coefficient (Wildman–Crippen LogP) is 0.216. The monoisotopic (exact) mass is 247 g/mol. The third-order valence-electron chi connectivity index (χ3n) is 2.49. The zero-order valence-electron chi connectivity index (χ0n) is 9.92. The van der Waals surface area contributed by atoms with Crippen molar-refractivity contribution < 1.29 is 9.53 Å². The molecule has 0 unspecified atom stereocenters. The minimum Gasteiger partial charge on any atom is -0.466 e. The van der Waals surface area contributed by atoms with Crippen molar-refractivity contribution in [2.45, 2.75) is 13.3 Å². The number of esters is 1. The van der Waals surface area contributed by atoms with Gasteiger partial charge in [0.05, 0.1) is 17.5 Å². The molecule has 0 saturated carbocycles. The zero-order valence-corrected chi connectivity index (χ0v) is 9.92. The molecule has 0 spiro atoms. The number of benzene rings is 1. The minimum absolute atomic E-state index is 0.121. The molecule has 0 atom stereocenters. The lowest BCUT2D eigenvalue weighted by Gasteiger charge is -2.08. The van der Waals surface area contributed by atoms with Gasteiger partial charge in [-0.3, -0.25) is 9.59 Å². The summed E-state index contributed by atoms with van der Waals surface area (Å²) in [7, 11) is 0. The van der Waals surface area contributed by atoms with Gasteiger partial charge >= 0.3 is 5.97 Å². The maximum Gasteiger partial charge on any atom is 0.313 e. The molecular formula is C12H13N3O3. The molecule has 0 radical (unpaired) electrons.